The van der Waals surface area contributed by atoms with Gasteiger partial charge in [0.1, 0.15) is 18.0 Å². The Morgan fingerprint density at radius 3 is 2.45 bits per heavy atom. The van der Waals surface area contributed by atoms with Gasteiger partial charge in [-0.05, 0) is 23.3 Å². The van der Waals surface area contributed by atoms with Crippen LogP contribution in [0.4, 0.5) is 4.39 Å². The van der Waals surface area contributed by atoms with Crippen molar-refractivity contribution in [1.29, 1.82) is 0 Å². The molecule has 1 N–H and O–H groups in total. The Kier molecular flexibility index (Phi) is 3.24. The van der Waals surface area contributed by atoms with Gasteiger partial charge in [-0.3, -0.25) is 10.1 Å². The van der Waals surface area contributed by atoms with E-state index in [0.29, 0.717) is 0 Å². The summed E-state index contributed by atoms with van der Waals surface area (Å²) in [7, 11) is 1.73. The maximum atomic E-state index is 13.3. The summed E-state index contributed by atoms with van der Waals surface area (Å²) < 4.78 is 13.3. The summed E-state index contributed by atoms with van der Waals surface area (Å²) in [5, 5.41) is 3.26. The van der Waals surface area contributed by atoms with Crippen LogP contribution < -0.4 is 5.32 Å². The molecule has 0 radical (unpaired) electrons. The van der Waals surface area contributed by atoms with Crippen LogP contribution in [-0.2, 0) is 4.79 Å². The second-order valence-corrected chi connectivity index (χ2v) is 4.92. The highest BCUT2D eigenvalue weighted by Gasteiger charge is 2.38. The number of carbonyl (C=O) groups excluding carboxylic acids is 1. The molecule has 0 aromatic heterocycles. The Labute approximate surface area is 117 Å². The molecular formula is C16H15FN2O. The quantitative estimate of drug-likeness (QED) is 0.909. The van der Waals surface area contributed by atoms with Gasteiger partial charge in [0.15, 0.2) is 0 Å². The molecule has 1 saturated heterocycles. The van der Waals surface area contributed by atoms with E-state index in [0.717, 1.165) is 11.1 Å². The molecule has 1 amide bonds. The predicted octanol–water partition coefficient (Wildman–Crippen LogP) is 2.63. The molecular weight excluding hydrogens is 255 g/mol. The Morgan fingerprint density at radius 1 is 1.05 bits per heavy atom. The van der Waals surface area contributed by atoms with Crippen LogP contribution in [0.3, 0.4) is 0 Å². The van der Waals surface area contributed by atoms with E-state index >= 15 is 0 Å². The molecule has 2 atom stereocenters. The SMILES string of the molecule is CN1C(=O)C(c2ccccc2)NC1c1cccc(F)c1. The molecule has 3 nitrogen and oxygen atoms in total. The molecule has 2 aromatic rings. The smallest absolute Gasteiger partial charge is 0.245 e. The third-order valence-corrected chi connectivity index (χ3v) is 3.60. The summed E-state index contributed by atoms with van der Waals surface area (Å²) in [6.07, 6.45) is -0.302. The van der Waals surface area contributed by atoms with Crippen LogP contribution in [0.1, 0.15) is 23.3 Å². The van der Waals surface area contributed by atoms with E-state index in [9.17, 15) is 9.18 Å². The Hall–Kier alpha value is -2.20. The lowest BCUT2D eigenvalue weighted by atomic mass is 10.1. The molecule has 1 aliphatic rings. The number of amides is 1. The number of hydrogen-bond acceptors (Lipinski definition) is 2. The Balaban J connectivity index is 1.91. The van der Waals surface area contributed by atoms with Crippen LogP contribution in [0.15, 0.2) is 54.6 Å². The number of rotatable bonds is 2. The van der Waals surface area contributed by atoms with Crippen molar-refractivity contribution in [3.8, 4) is 0 Å². The first-order valence-corrected chi connectivity index (χ1v) is 6.50. The maximum Gasteiger partial charge on any atom is 0.245 e. The number of halogens is 1. The summed E-state index contributed by atoms with van der Waals surface area (Å²) in [6, 6.07) is 15.5. The Bertz CT molecular complexity index is 629. The van der Waals surface area contributed by atoms with Crippen molar-refractivity contribution in [2.45, 2.75) is 12.2 Å². The first kappa shape index (κ1) is 12.8. The van der Waals surface area contributed by atoms with Gasteiger partial charge in [-0.2, -0.15) is 0 Å². The van der Waals surface area contributed by atoms with Gasteiger partial charge in [0.2, 0.25) is 5.91 Å². The van der Waals surface area contributed by atoms with Gasteiger partial charge in [0, 0.05) is 7.05 Å². The van der Waals surface area contributed by atoms with Crippen LogP contribution in [0.5, 0.6) is 0 Å². The Morgan fingerprint density at radius 2 is 1.75 bits per heavy atom. The van der Waals surface area contributed by atoms with Crippen molar-refractivity contribution in [1.82, 2.24) is 10.2 Å². The minimum atomic E-state index is -0.380. The molecule has 0 aliphatic carbocycles. The minimum absolute atomic E-state index is 0.00883. The molecule has 3 rings (SSSR count). The predicted molar refractivity (Wildman–Crippen MR) is 74.2 cm³/mol. The largest absolute Gasteiger partial charge is 0.324 e. The number of carbonyl (C=O) groups is 1. The van der Waals surface area contributed by atoms with E-state index in [1.165, 1.54) is 12.1 Å². The maximum absolute atomic E-state index is 13.3. The molecule has 0 spiro atoms. The van der Waals surface area contributed by atoms with E-state index in [1.807, 2.05) is 36.4 Å². The summed E-state index contributed by atoms with van der Waals surface area (Å²) in [6.45, 7) is 0. The van der Waals surface area contributed by atoms with E-state index < -0.39 is 0 Å². The lowest BCUT2D eigenvalue weighted by Gasteiger charge is -2.19. The van der Waals surface area contributed by atoms with Gasteiger partial charge in [0.05, 0.1) is 0 Å². The average molecular weight is 270 g/mol. The van der Waals surface area contributed by atoms with E-state index in [1.54, 1.807) is 18.0 Å². The fourth-order valence-electron chi connectivity index (χ4n) is 2.55. The summed E-state index contributed by atoms with van der Waals surface area (Å²) in [4.78, 5) is 14.0. The highest BCUT2D eigenvalue weighted by atomic mass is 19.1. The monoisotopic (exact) mass is 270 g/mol. The molecule has 20 heavy (non-hydrogen) atoms. The third-order valence-electron chi connectivity index (χ3n) is 3.60. The zero-order valence-corrected chi connectivity index (χ0v) is 11.1. The van der Waals surface area contributed by atoms with Crippen LogP contribution >= 0.6 is 0 Å². The van der Waals surface area contributed by atoms with Crippen molar-refractivity contribution >= 4 is 5.91 Å². The first-order valence-electron chi connectivity index (χ1n) is 6.50. The number of hydrogen-bond donors (Lipinski definition) is 1. The van der Waals surface area contributed by atoms with Crippen LogP contribution in [0.2, 0.25) is 0 Å². The van der Waals surface area contributed by atoms with Crippen molar-refractivity contribution in [2.75, 3.05) is 7.05 Å². The summed E-state index contributed by atoms with van der Waals surface area (Å²) in [5.41, 5.74) is 1.67. The van der Waals surface area contributed by atoms with Gasteiger partial charge in [-0.1, -0.05) is 42.5 Å². The molecule has 1 heterocycles. The first-order chi connectivity index (χ1) is 9.66. The van der Waals surface area contributed by atoms with E-state index in [4.69, 9.17) is 0 Å². The van der Waals surface area contributed by atoms with E-state index in [2.05, 4.69) is 5.32 Å². The molecule has 2 aromatic carbocycles. The van der Waals surface area contributed by atoms with Gasteiger partial charge in [-0.25, -0.2) is 4.39 Å². The zero-order chi connectivity index (χ0) is 14.1. The van der Waals surface area contributed by atoms with Crippen molar-refractivity contribution in [3.63, 3.8) is 0 Å². The fraction of sp³-hybridized carbons (Fsp3) is 0.188. The molecule has 2 unspecified atom stereocenters. The second kappa shape index (κ2) is 5.06. The van der Waals surface area contributed by atoms with E-state index in [-0.39, 0.29) is 23.9 Å². The number of nitrogens with zero attached hydrogens (tertiary/aromatic N) is 1. The molecule has 1 fully saturated rings. The number of benzene rings is 2. The third kappa shape index (κ3) is 2.18. The lowest BCUT2D eigenvalue weighted by molar-refractivity contribution is -0.128. The molecule has 0 saturated carbocycles. The normalized spacial score (nSPS) is 22.3. The van der Waals surface area contributed by atoms with Crippen LogP contribution in [0, 0.1) is 5.82 Å². The fourth-order valence-corrected chi connectivity index (χ4v) is 2.55. The highest BCUT2D eigenvalue weighted by molar-refractivity contribution is 5.85. The standard InChI is InChI=1S/C16H15FN2O/c1-19-15(12-8-5-9-13(17)10-12)18-14(16(19)20)11-6-3-2-4-7-11/h2-10,14-15,18H,1H3. The average Bonchev–Trinajstić information content (AvgIpc) is 2.76. The zero-order valence-electron chi connectivity index (χ0n) is 11.1. The summed E-state index contributed by atoms with van der Waals surface area (Å²) >= 11 is 0. The topological polar surface area (TPSA) is 32.3 Å². The van der Waals surface area contributed by atoms with Crippen molar-refractivity contribution < 1.29 is 9.18 Å². The molecule has 102 valence electrons. The lowest BCUT2D eigenvalue weighted by Crippen LogP contribution is -2.25. The molecule has 0 bridgehead atoms. The van der Waals surface area contributed by atoms with Crippen molar-refractivity contribution in [2.24, 2.45) is 0 Å². The van der Waals surface area contributed by atoms with Gasteiger partial charge in [-0.15, -0.1) is 0 Å². The molecule has 1 aliphatic heterocycles. The van der Waals surface area contributed by atoms with Crippen LogP contribution in [0.25, 0.3) is 0 Å². The molecule has 4 heteroatoms. The van der Waals surface area contributed by atoms with Gasteiger partial charge in [0.25, 0.3) is 0 Å². The van der Waals surface area contributed by atoms with Crippen LogP contribution in [-0.4, -0.2) is 17.9 Å². The van der Waals surface area contributed by atoms with Crippen molar-refractivity contribution in [3.05, 3.63) is 71.5 Å². The number of likely N-dealkylation sites (N-methyl/N-ethyl adjacent to an activating group) is 1. The number of nitrogens with one attached hydrogen (secondary N) is 1. The summed E-state index contributed by atoms with van der Waals surface area (Å²) in [5.74, 6) is -0.307. The van der Waals surface area contributed by atoms with Gasteiger partial charge >= 0.3 is 0 Å². The minimum Gasteiger partial charge on any atom is -0.324 e. The highest BCUT2D eigenvalue weighted by Crippen LogP contribution is 2.31. The second-order valence-electron chi connectivity index (χ2n) is 4.92. The van der Waals surface area contributed by atoms with Gasteiger partial charge < -0.3 is 4.90 Å².